The number of halogens is 1. The van der Waals surface area contributed by atoms with Crippen molar-refractivity contribution in [1.29, 1.82) is 0 Å². The number of carbonyl (C=O) groups is 1. The fraction of sp³-hybridized carbons (Fsp3) is 0.200. The smallest absolute Gasteiger partial charge is 0.278 e. The summed E-state index contributed by atoms with van der Waals surface area (Å²) in [5, 5.41) is 6.57. The van der Waals surface area contributed by atoms with Crippen LogP contribution in [-0.4, -0.2) is 11.1 Å². The molecule has 0 aliphatic carbocycles. The topological polar surface area (TPSA) is 64.4 Å². The van der Waals surface area contributed by atoms with E-state index in [0.29, 0.717) is 28.3 Å². The molecule has 1 amide bonds. The van der Waals surface area contributed by atoms with Crippen LogP contribution < -0.4 is 10.1 Å². The molecule has 0 unspecified atom stereocenters. The Morgan fingerprint density at radius 1 is 1.15 bits per heavy atom. The molecule has 2 aromatic carbocycles. The van der Waals surface area contributed by atoms with Gasteiger partial charge in [0.15, 0.2) is 5.69 Å². The molecule has 0 bridgehead atoms. The van der Waals surface area contributed by atoms with Crippen molar-refractivity contribution in [2.45, 2.75) is 27.4 Å². The second-order valence-electron chi connectivity index (χ2n) is 6.08. The summed E-state index contributed by atoms with van der Waals surface area (Å²) in [7, 11) is 0. The number of nitrogens with one attached hydrogen (secondary N) is 1. The fourth-order valence-corrected chi connectivity index (χ4v) is 2.48. The van der Waals surface area contributed by atoms with E-state index in [1.54, 1.807) is 13.8 Å². The molecule has 1 N–H and O–H groups in total. The number of nitrogens with zero attached hydrogens (tertiary/aromatic N) is 1. The molecule has 5 nitrogen and oxygen atoms in total. The van der Waals surface area contributed by atoms with Gasteiger partial charge in [0.1, 0.15) is 23.9 Å². The van der Waals surface area contributed by atoms with E-state index < -0.39 is 5.91 Å². The van der Waals surface area contributed by atoms with Crippen LogP contribution in [0, 0.1) is 26.6 Å². The molecule has 1 aromatic heterocycles. The van der Waals surface area contributed by atoms with Crippen molar-refractivity contribution in [2.24, 2.45) is 0 Å². The van der Waals surface area contributed by atoms with Crippen LogP contribution in [0.5, 0.6) is 5.75 Å². The second-order valence-corrected chi connectivity index (χ2v) is 6.08. The molecule has 134 valence electrons. The highest BCUT2D eigenvalue weighted by Crippen LogP contribution is 2.21. The maximum absolute atomic E-state index is 13.2. The Hall–Kier alpha value is -3.15. The van der Waals surface area contributed by atoms with E-state index in [9.17, 15) is 9.18 Å². The van der Waals surface area contributed by atoms with E-state index in [2.05, 4.69) is 10.5 Å². The van der Waals surface area contributed by atoms with Gasteiger partial charge in [0.2, 0.25) is 0 Å². The zero-order chi connectivity index (χ0) is 18.7. The number of ether oxygens (including phenoxy) is 1. The van der Waals surface area contributed by atoms with Crippen LogP contribution in [0.2, 0.25) is 0 Å². The van der Waals surface area contributed by atoms with Gasteiger partial charge in [-0.1, -0.05) is 22.9 Å². The summed E-state index contributed by atoms with van der Waals surface area (Å²) >= 11 is 0. The average Bonchev–Trinajstić information content (AvgIpc) is 2.98. The van der Waals surface area contributed by atoms with Gasteiger partial charge in [-0.3, -0.25) is 4.79 Å². The van der Waals surface area contributed by atoms with Gasteiger partial charge in [-0.15, -0.1) is 0 Å². The van der Waals surface area contributed by atoms with Gasteiger partial charge in [0, 0.05) is 5.69 Å². The minimum atomic E-state index is -0.431. The Balaban J connectivity index is 1.76. The van der Waals surface area contributed by atoms with Crippen LogP contribution in [0.1, 0.15) is 32.9 Å². The van der Waals surface area contributed by atoms with E-state index in [1.807, 2.05) is 31.2 Å². The summed E-state index contributed by atoms with van der Waals surface area (Å²) in [4.78, 5) is 12.6. The summed E-state index contributed by atoms with van der Waals surface area (Å²) in [6.07, 6.45) is 0. The maximum Gasteiger partial charge on any atom is 0.278 e. The monoisotopic (exact) mass is 354 g/mol. The lowest BCUT2D eigenvalue weighted by molar-refractivity contribution is 0.101. The number of benzene rings is 2. The highest BCUT2D eigenvalue weighted by Gasteiger charge is 2.21. The molecule has 26 heavy (non-hydrogen) atoms. The van der Waals surface area contributed by atoms with Crippen molar-refractivity contribution in [2.75, 3.05) is 5.32 Å². The van der Waals surface area contributed by atoms with Gasteiger partial charge in [-0.25, -0.2) is 4.39 Å². The number of anilines is 1. The molecule has 0 radical (unpaired) electrons. The molecule has 0 fully saturated rings. The summed E-state index contributed by atoms with van der Waals surface area (Å²) < 4.78 is 24.1. The van der Waals surface area contributed by atoms with Crippen molar-refractivity contribution in [3.05, 3.63) is 76.4 Å². The number of aromatic nitrogens is 1. The zero-order valence-electron chi connectivity index (χ0n) is 14.8. The van der Waals surface area contributed by atoms with Crippen LogP contribution in [0.15, 0.2) is 47.0 Å². The molecule has 0 saturated carbocycles. The van der Waals surface area contributed by atoms with Gasteiger partial charge in [0.05, 0.1) is 5.56 Å². The molecule has 0 saturated heterocycles. The number of aryl methyl sites for hydroxylation is 3. The minimum absolute atomic E-state index is 0.151. The van der Waals surface area contributed by atoms with Crippen LogP contribution >= 0.6 is 0 Å². The van der Waals surface area contributed by atoms with E-state index in [0.717, 1.165) is 5.56 Å². The van der Waals surface area contributed by atoms with Gasteiger partial charge < -0.3 is 14.6 Å². The molecule has 0 aliphatic heterocycles. The Morgan fingerprint density at radius 3 is 2.58 bits per heavy atom. The van der Waals surface area contributed by atoms with Gasteiger partial charge in [-0.05, 0) is 56.7 Å². The lowest BCUT2D eigenvalue weighted by Crippen LogP contribution is -2.16. The minimum Gasteiger partial charge on any atom is -0.489 e. The highest BCUT2D eigenvalue weighted by molar-refractivity contribution is 6.04. The number of hydrogen-bond donors (Lipinski definition) is 1. The quantitative estimate of drug-likeness (QED) is 0.729. The molecule has 0 aliphatic rings. The van der Waals surface area contributed by atoms with Crippen LogP contribution in [-0.2, 0) is 6.61 Å². The normalized spacial score (nSPS) is 10.6. The number of hydrogen-bond acceptors (Lipinski definition) is 4. The molecule has 1 heterocycles. The summed E-state index contributed by atoms with van der Waals surface area (Å²) in [6.45, 7) is 5.59. The predicted octanol–water partition coefficient (Wildman–Crippen LogP) is 4.57. The molecule has 0 spiro atoms. The van der Waals surface area contributed by atoms with E-state index in [4.69, 9.17) is 9.26 Å². The standard InChI is InChI=1S/C20H19FN2O3/c1-12-4-7-16(8-5-12)25-11-17-14(3)26-23-19(17)20(24)22-18-9-6-15(21)10-13(18)2/h4-10H,11H2,1-3H3,(H,22,24). The Morgan fingerprint density at radius 2 is 1.88 bits per heavy atom. The highest BCUT2D eigenvalue weighted by atomic mass is 19.1. The molecule has 3 rings (SSSR count). The first-order chi connectivity index (χ1) is 12.4. The third-order valence-electron chi connectivity index (χ3n) is 4.04. The Bertz CT molecular complexity index is 933. The Kier molecular flexibility index (Phi) is 5.02. The SMILES string of the molecule is Cc1ccc(OCc2c(C(=O)Nc3ccc(F)cc3C)noc2C)cc1. The molecular weight excluding hydrogens is 335 g/mol. The van der Waals surface area contributed by atoms with E-state index in [1.165, 1.54) is 18.2 Å². The van der Waals surface area contributed by atoms with Gasteiger partial charge in [0.25, 0.3) is 5.91 Å². The molecular formula is C20H19FN2O3. The van der Waals surface area contributed by atoms with Crippen molar-refractivity contribution < 1.29 is 18.4 Å². The Labute approximate surface area is 150 Å². The van der Waals surface area contributed by atoms with E-state index in [-0.39, 0.29) is 18.1 Å². The summed E-state index contributed by atoms with van der Waals surface area (Å²) in [6, 6.07) is 11.8. The van der Waals surface area contributed by atoms with Crippen LogP contribution in [0.4, 0.5) is 10.1 Å². The third-order valence-corrected chi connectivity index (χ3v) is 4.04. The van der Waals surface area contributed by atoms with Gasteiger partial charge >= 0.3 is 0 Å². The zero-order valence-corrected chi connectivity index (χ0v) is 14.8. The number of amides is 1. The average molecular weight is 354 g/mol. The first-order valence-corrected chi connectivity index (χ1v) is 8.16. The fourth-order valence-electron chi connectivity index (χ4n) is 2.48. The molecule has 0 atom stereocenters. The van der Waals surface area contributed by atoms with Crippen molar-refractivity contribution in [3.63, 3.8) is 0 Å². The lowest BCUT2D eigenvalue weighted by atomic mass is 10.1. The lowest BCUT2D eigenvalue weighted by Gasteiger charge is -2.09. The van der Waals surface area contributed by atoms with Crippen LogP contribution in [0.25, 0.3) is 0 Å². The summed E-state index contributed by atoms with van der Waals surface area (Å²) in [5.74, 6) is 0.416. The maximum atomic E-state index is 13.2. The summed E-state index contributed by atoms with van der Waals surface area (Å²) in [5.41, 5.74) is 2.99. The number of rotatable bonds is 5. The number of carbonyl (C=O) groups excluding carboxylic acids is 1. The van der Waals surface area contributed by atoms with Crippen molar-refractivity contribution in [1.82, 2.24) is 5.16 Å². The molecule has 6 heteroatoms. The largest absolute Gasteiger partial charge is 0.489 e. The molecule has 3 aromatic rings. The van der Waals surface area contributed by atoms with Crippen LogP contribution in [0.3, 0.4) is 0 Å². The predicted molar refractivity (Wildman–Crippen MR) is 95.8 cm³/mol. The first-order valence-electron chi connectivity index (χ1n) is 8.16. The first kappa shape index (κ1) is 17.7. The van der Waals surface area contributed by atoms with Crippen molar-refractivity contribution >= 4 is 11.6 Å². The third kappa shape index (κ3) is 3.91. The van der Waals surface area contributed by atoms with Gasteiger partial charge in [-0.2, -0.15) is 0 Å². The van der Waals surface area contributed by atoms with E-state index >= 15 is 0 Å². The van der Waals surface area contributed by atoms with Crippen molar-refractivity contribution in [3.8, 4) is 5.75 Å². The second kappa shape index (κ2) is 7.39.